The largest absolute Gasteiger partial charge is 0.413 e. The van der Waals surface area contributed by atoms with E-state index in [0.29, 0.717) is 5.75 Å². The third-order valence-electron chi connectivity index (χ3n) is 1.50. The molecule has 0 radical (unpaired) electrons. The summed E-state index contributed by atoms with van der Waals surface area (Å²) in [6.07, 6.45) is -0.427. The summed E-state index contributed by atoms with van der Waals surface area (Å²) in [4.78, 5) is 11.4. The number of carbonyl (C=O) groups excluding carboxylic acids is 1. The van der Waals surface area contributed by atoms with Crippen molar-refractivity contribution >= 4 is 28.7 Å². The molecular weight excluding hydrogens is 305 g/mol. The monoisotopic (exact) mass is 319 g/mol. The SMILES string of the molecule is CC(C)(C)NC(=O)Oc1ccc(I)cc1. The lowest BCUT2D eigenvalue weighted by Crippen LogP contribution is -2.42. The highest BCUT2D eigenvalue weighted by Crippen LogP contribution is 2.13. The highest BCUT2D eigenvalue weighted by molar-refractivity contribution is 14.1. The predicted molar refractivity (Wildman–Crippen MR) is 68.1 cm³/mol. The first-order chi connectivity index (χ1) is 6.87. The maximum Gasteiger partial charge on any atom is 0.413 e. The molecule has 0 heterocycles. The van der Waals surface area contributed by atoms with E-state index in [2.05, 4.69) is 27.9 Å². The van der Waals surface area contributed by atoms with E-state index in [0.717, 1.165) is 3.57 Å². The summed E-state index contributed by atoms with van der Waals surface area (Å²) >= 11 is 2.20. The maximum atomic E-state index is 11.4. The van der Waals surface area contributed by atoms with E-state index in [1.165, 1.54) is 0 Å². The van der Waals surface area contributed by atoms with Gasteiger partial charge in [-0.3, -0.25) is 0 Å². The van der Waals surface area contributed by atoms with Crippen LogP contribution in [0.15, 0.2) is 24.3 Å². The molecule has 82 valence electrons. The maximum absolute atomic E-state index is 11.4. The average Bonchev–Trinajstić information content (AvgIpc) is 2.05. The molecule has 1 amide bonds. The molecule has 1 rings (SSSR count). The number of amides is 1. The highest BCUT2D eigenvalue weighted by Gasteiger charge is 2.14. The summed E-state index contributed by atoms with van der Waals surface area (Å²) in [5.74, 6) is 0.553. The zero-order valence-corrected chi connectivity index (χ0v) is 11.2. The molecule has 1 N–H and O–H groups in total. The van der Waals surface area contributed by atoms with Crippen LogP contribution in [0.2, 0.25) is 0 Å². The van der Waals surface area contributed by atoms with Crippen molar-refractivity contribution in [3.05, 3.63) is 27.8 Å². The summed E-state index contributed by atoms with van der Waals surface area (Å²) in [6, 6.07) is 7.31. The number of rotatable bonds is 1. The Bertz CT molecular complexity index is 341. The minimum Gasteiger partial charge on any atom is -0.410 e. The van der Waals surface area contributed by atoms with Crippen LogP contribution in [-0.4, -0.2) is 11.6 Å². The third kappa shape index (κ3) is 5.01. The van der Waals surface area contributed by atoms with E-state index in [4.69, 9.17) is 4.74 Å². The first-order valence-electron chi connectivity index (χ1n) is 4.62. The van der Waals surface area contributed by atoms with Crippen LogP contribution in [0.1, 0.15) is 20.8 Å². The number of halogens is 1. The van der Waals surface area contributed by atoms with Crippen molar-refractivity contribution in [2.75, 3.05) is 0 Å². The Morgan fingerprint density at radius 3 is 2.27 bits per heavy atom. The van der Waals surface area contributed by atoms with E-state index < -0.39 is 6.09 Å². The second-order valence-corrected chi connectivity index (χ2v) is 5.46. The second kappa shape index (κ2) is 4.83. The van der Waals surface area contributed by atoms with E-state index >= 15 is 0 Å². The van der Waals surface area contributed by atoms with Crippen LogP contribution in [0.3, 0.4) is 0 Å². The smallest absolute Gasteiger partial charge is 0.410 e. The molecule has 0 bridgehead atoms. The zero-order valence-electron chi connectivity index (χ0n) is 9.00. The van der Waals surface area contributed by atoms with Gasteiger partial charge in [-0.25, -0.2) is 4.79 Å². The fourth-order valence-electron chi connectivity index (χ4n) is 0.941. The van der Waals surface area contributed by atoms with E-state index in [1.807, 2.05) is 32.9 Å². The molecule has 0 spiro atoms. The predicted octanol–water partition coefficient (Wildman–Crippen LogP) is 3.18. The van der Waals surface area contributed by atoms with Gasteiger partial charge >= 0.3 is 6.09 Å². The minimum absolute atomic E-state index is 0.277. The van der Waals surface area contributed by atoms with Crippen molar-refractivity contribution < 1.29 is 9.53 Å². The lowest BCUT2D eigenvalue weighted by molar-refractivity contribution is 0.190. The zero-order chi connectivity index (χ0) is 11.5. The number of carbonyl (C=O) groups is 1. The Kier molecular flexibility index (Phi) is 3.96. The van der Waals surface area contributed by atoms with Crippen LogP contribution in [-0.2, 0) is 0 Å². The van der Waals surface area contributed by atoms with Crippen molar-refractivity contribution in [2.24, 2.45) is 0 Å². The van der Waals surface area contributed by atoms with Gasteiger partial charge in [0.1, 0.15) is 5.75 Å². The van der Waals surface area contributed by atoms with Crippen molar-refractivity contribution in [3.8, 4) is 5.75 Å². The van der Waals surface area contributed by atoms with Crippen LogP contribution >= 0.6 is 22.6 Å². The summed E-state index contributed by atoms with van der Waals surface area (Å²) in [5, 5.41) is 2.72. The number of nitrogens with one attached hydrogen (secondary N) is 1. The van der Waals surface area contributed by atoms with Gasteiger partial charge < -0.3 is 10.1 Å². The van der Waals surface area contributed by atoms with Gasteiger partial charge in [-0.05, 0) is 67.6 Å². The summed E-state index contributed by atoms with van der Waals surface area (Å²) in [7, 11) is 0. The molecule has 3 nitrogen and oxygen atoms in total. The van der Waals surface area contributed by atoms with Gasteiger partial charge in [0.25, 0.3) is 0 Å². The van der Waals surface area contributed by atoms with Gasteiger partial charge in [-0.15, -0.1) is 0 Å². The summed E-state index contributed by atoms with van der Waals surface area (Å²) < 4.78 is 6.20. The van der Waals surface area contributed by atoms with E-state index in [-0.39, 0.29) is 5.54 Å². The first-order valence-corrected chi connectivity index (χ1v) is 5.70. The Labute approximate surface area is 103 Å². The number of hydrogen-bond acceptors (Lipinski definition) is 2. The molecule has 4 heteroatoms. The molecule has 15 heavy (non-hydrogen) atoms. The molecule has 0 saturated carbocycles. The van der Waals surface area contributed by atoms with E-state index in [1.54, 1.807) is 12.1 Å². The molecule has 0 atom stereocenters. The molecule has 1 aromatic rings. The van der Waals surface area contributed by atoms with Gasteiger partial charge in [0.05, 0.1) is 0 Å². The second-order valence-electron chi connectivity index (χ2n) is 4.22. The van der Waals surface area contributed by atoms with Crippen molar-refractivity contribution in [2.45, 2.75) is 26.3 Å². The van der Waals surface area contributed by atoms with Gasteiger partial charge in [-0.1, -0.05) is 0 Å². The van der Waals surface area contributed by atoms with Gasteiger partial charge in [0.15, 0.2) is 0 Å². The third-order valence-corrected chi connectivity index (χ3v) is 2.22. The van der Waals surface area contributed by atoms with Crippen LogP contribution in [0.25, 0.3) is 0 Å². The molecule has 0 aliphatic carbocycles. The minimum atomic E-state index is -0.427. The lowest BCUT2D eigenvalue weighted by Gasteiger charge is -2.19. The lowest BCUT2D eigenvalue weighted by atomic mass is 10.1. The number of benzene rings is 1. The number of hydrogen-bond donors (Lipinski definition) is 1. The fraction of sp³-hybridized carbons (Fsp3) is 0.364. The van der Waals surface area contributed by atoms with Crippen LogP contribution in [0.4, 0.5) is 4.79 Å². The van der Waals surface area contributed by atoms with Gasteiger partial charge in [0, 0.05) is 9.11 Å². The van der Waals surface area contributed by atoms with Crippen LogP contribution in [0.5, 0.6) is 5.75 Å². The van der Waals surface area contributed by atoms with E-state index in [9.17, 15) is 4.79 Å². The van der Waals surface area contributed by atoms with Gasteiger partial charge in [0.2, 0.25) is 0 Å². The van der Waals surface area contributed by atoms with Gasteiger partial charge in [-0.2, -0.15) is 0 Å². The summed E-state index contributed by atoms with van der Waals surface area (Å²) in [6.45, 7) is 5.71. The van der Waals surface area contributed by atoms with Crippen molar-refractivity contribution in [1.29, 1.82) is 0 Å². The Morgan fingerprint density at radius 2 is 1.80 bits per heavy atom. The Balaban J connectivity index is 2.55. The molecule has 0 aliphatic rings. The topological polar surface area (TPSA) is 38.3 Å². The molecule has 0 aliphatic heterocycles. The quantitative estimate of drug-likeness (QED) is 0.808. The fourth-order valence-corrected chi connectivity index (χ4v) is 1.30. The molecule has 0 aromatic heterocycles. The van der Waals surface area contributed by atoms with Crippen LogP contribution in [0, 0.1) is 3.57 Å². The standard InChI is InChI=1S/C11H14INO2/c1-11(2,3)13-10(14)15-9-6-4-8(12)5-7-9/h4-7H,1-3H3,(H,13,14). The normalized spacial score (nSPS) is 10.9. The Morgan fingerprint density at radius 1 is 1.27 bits per heavy atom. The number of ether oxygens (including phenoxy) is 1. The molecule has 1 aromatic carbocycles. The van der Waals surface area contributed by atoms with Crippen molar-refractivity contribution in [3.63, 3.8) is 0 Å². The first kappa shape index (κ1) is 12.3. The molecule has 0 fully saturated rings. The molecule has 0 unspecified atom stereocenters. The molecular formula is C11H14INO2. The highest BCUT2D eigenvalue weighted by atomic mass is 127. The van der Waals surface area contributed by atoms with Crippen LogP contribution < -0.4 is 10.1 Å². The van der Waals surface area contributed by atoms with Crippen molar-refractivity contribution in [1.82, 2.24) is 5.32 Å². The summed E-state index contributed by atoms with van der Waals surface area (Å²) in [5.41, 5.74) is -0.277. The average molecular weight is 319 g/mol. The Hall–Kier alpha value is -0.780. The molecule has 0 saturated heterocycles.